The molecule has 0 unspecified atom stereocenters. The molecule has 0 fully saturated rings. The van der Waals surface area contributed by atoms with Crippen molar-refractivity contribution < 1.29 is 13.3 Å². The van der Waals surface area contributed by atoms with Crippen molar-refractivity contribution in [3.8, 4) is 0 Å². The van der Waals surface area contributed by atoms with Crippen molar-refractivity contribution in [1.29, 1.82) is 0 Å². The summed E-state index contributed by atoms with van der Waals surface area (Å²) >= 11 is 6.66. The van der Waals surface area contributed by atoms with Gasteiger partial charge in [-0.15, -0.1) is 0 Å². The molecule has 0 saturated carbocycles. The van der Waals surface area contributed by atoms with E-state index in [0.717, 1.165) is 223 Å². The number of benzene rings is 20. The Morgan fingerprint density at radius 3 is 0.859 bits per heavy atom. The highest BCUT2D eigenvalue weighted by atomic mass is 79.9. The van der Waals surface area contributed by atoms with Crippen LogP contribution in [-0.4, -0.2) is 13.4 Å². The predicted molar refractivity (Wildman–Crippen MR) is 601 cm³/mol. The third-order valence-electron chi connectivity index (χ3n) is 26.9. The predicted octanol–water partition coefficient (Wildman–Crippen LogP) is 32.6. The lowest BCUT2D eigenvalue weighted by atomic mass is 9.32. The van der Waals surface area contributed by atoms with Crippen molar-refractivity contribution in [2.24, 2.45) is 0 Å². The second-order valence-electron chi connectivity index (χ2n) is 35.4. The van der Waals surface area contributed by atoms with E-state index in [1.54, 1.807) is 0 Å². The van der Waals surface area contributed by atoms with E-state index in [4.69, 9.17) is 13.3 Å². The molecule has 142 heavy (non-hydrogen) atoms. The zero-order valence-corrected chi connectivity index (χ0v) is 80.0. The molecule has 4 aliphatic heterocycles. The van der Waals surface area contributed by atoms with Gasteiger partial charge in [0.15, 0.2) is 0 Å². The Hall–Kier alpha value is -17.7. The van der Waals surface area contributed by atoms with Crippen LogP contribution in [0.4, 0.5) is 148 Å². The van der Waals surface area contributed by atoms with Crippen LogP contribution in [0.3, 0.4) is 0 Å². The van der Waals surface area contributed by atoms with Crippen LogP contribution >= 0.6 is 31.9 Å². The summed E-state index contributed by atoms with van der Waals surface area (Å²) < 4.78 is 23.3. The first-order chi connectivity index (χ1) is 70.3. The van der Waals surface area contributed by atoms with Gasteiger partial charge in [-0.25, -0.2) is 0 Å². The minimum Gasteiger partial charge on any atom is -0.468 e. The van der Waals surface area contributed by atoms with Gasteiger partial charge < -0.3 is 57.8 Å². The van der Waals surface area contributed by atoms with Crippen LogP contribution in [0, 0.1) is 0 Å². The third-order valence-corrected chi connectivity index (χ3v) is 27.9. The van der Waals surface area contributed by atoms with Crippen molar-refractivity contribution in [2.75, 3.05) is 44.5 Å². The smallest absolute Gasteiger partial charge is 0.297 e. The number of furan rings is 3. The molecule has 0 amide bonds. The van der Waals surface area contributed by atoms with Crippen molar-refractivity contribution in [3.63, 3.8) is 0 Å². The maximum Gasteiger partial charge on any atom is 0.297 e. The fraction of sp³-hybridized carbons (Fsp3) is 0. The number of halogens is 2. The van der Waals surface area contributed by atoms with Gasteiger partial charge in [-0.05, 0) is 271 Å². The monoisotopic (exact) mass is 1950 g/mol. The second-order valence-corrected chi connectivity index (χ2v) is 37.2. The summed E-state index contributed by atoms with van der Waals surface area (Å²) in [4.78, 5) is 19.3. The molecule has 0 aliphatic carbocycles. The fourth-order valence-corrected chi connectivity index (χ4v) is 22.1. The summed E-state index contributed by atoms with van der Waals surface area (Å²) in [6.45, 7) is -0.756. The highest BCUT2D eigenvalue weighted by Crippen LogP contribution is 2.56. The molecule has 3 aromatic heterocycles. The molecule has 0 bridgehead atoms. The topological polar surface area (TPSA) is 77.4 Å². The quantitative estimate of drug-likeness (QED) is 0.0832. The Labute approximate surface area is 841 Å². The van der Waals surface area contributed by atoms with E-state index < -0.39 is 0 Å². The minimum atomic E-state index is -0.378. The largest absolute Gasteiger partial charge is 0.468 e. The fourth-order valence-electron chi connectivity index (χ4n) is 21.0. The van der Waals surface area contributed by atoms with Gasteiger partial charge in [-0.2, -0.15) is 0 Å². The van der Waals surface area contributed by atoms with Gasteiger partial charge in [0.2, 0.25) is 0 Å². The summed E-state index contributed by atoms with van der Waals surface area (Å²) in [5.41, 5.74) is 35.8. The molecule has 20 aromatic carbocycles. The maximum atomic E-state index is 7.54. The molecule has 16 heteroatoms. The molecule has 0 spiro atoms. The van der Waals surface area contributed by atoms with Gasteiger partial charge in [0.25, 0.3) is 13.4 Å². The third kappa shape index (κ3) is 15.7. The number of nitrogens with one attached hydrogen (secondary N) is 1. The Kier molecular flexibility index (Phi) is 22.6. The first-order valence-corrected chi connectivity index (χ1v) is 49.3. The van der Waals surface area contributed by atoms with Crippen molar-refractivity contribution in [2.45, 2.75) is 0 Å². The summed E-state index contributed by atoms with van der Waals surface area (Å²) in [5.74, 6) is 0. The first-order valence-electron chi connectivity index (χ1n) is 47.7. The lowest BCUT2D eigenvalue weighted by Crippen LogP contribution is -2.65. The average Bonchev–Trinajstić information content (AvgIpc) is 1.24. The lowest BCUT2D eigenvalue weighted by Gasteiger charge is -2.46. The average molecular weight is 1960 g/mol. The van der Waals surface area contributed by atoms with Crippen LogP contribution in [0.2, 0.25) is 0 Å². The molecule has 0 radical (unpaired) electrons. The molecule has 12 nitrogen and oxygen atoms in total. The SMILES string of the molecule is Brc1cccc(Br)c1.c1ccc(N(c2ccccc2)c2cc3c4c(c2)N(c2ccccc2)c2c(oc5ccccc25)B4c2cc4c(cc2N3c2ccccc2)N(c2ccccc2)c2cc(N(c3ccccc3)c3ccccc3)cc3c2B4c2oc4ccccc4c2N3c2ccccc2)cc1.c1ccc(Nc2cc(N(c3ccccc3)c3ccccc3)cc(N(c3ccccc3)c3coc4ccccc34)c2)cc1. The molecule has 0 atom stereocenters. The number of fused-ring (bicyclic) bond motifs is 13. The molecular weight excluding hydrogens is 1870 g/mol. The maximum absolute atomic E-state index is 7.54. The van der Waals surface area contributed by atoms with Crippen LogP contribution in [0.15, 0.2) is 544 Å². The Morgan fingerprint density at radius 1 is 0.218 bits per heavy atom. The zero-order chi connectivity index (χ0) is 94.5. The van der Waals surface area contributed by atoms with Crippen LogP contribution < -0.4 is 77.7 Å². The number of para-hydroxylation sites is 15. The standard InChI is InChI=1S/C82H54B2N6O2.C38H29N3O.C6H4Br2/c1-9-29-55(30-10-1)85(56-31-11-2-12-32-56)63-49-71-77-73(51-63)89(61-41-21-7-22-42-61)79-65-45-25-27-47-75(65)91-81(79)83(77)67-53-68-70(54-69(67)87(71)59-37-17-5-18-38-59)88(60-39-19-6-20-40-60)72-50-64(86(57-33-13-3-14-34-57)58-35-15-4-16-36-58)52-74-78(72)84(68)82-80(66-46-26-28-48-76(66)92-82)90(74)62-43-23-8-24-44-62;1-5-15-29(16-6-1)39-30-25-34(40(31-17-7-2-8-18-31)32-19-9-3-10-20-32)27-35(26-30)41(33-21-11-4-12-22-33)37-28-42-38-24-14-13-23-36(37)38;7-5-2-1-3-6(8)4-5/h1-54H;1-28,39H;1-4H. The van der Waals surface area contributed by atoms with Gasteiger partial charge in [-0.1, -0.05) is 299 Å². The summed E-state index contributed by atoms with van der Waals surface area (Å²) in [6.07, 6.45) is 1.85. The van der Waals surface area contributed by atoms with Crippen molar-refractivity contribution >= 4 is 259 Å². The van der Waals surface area contributed by atoms with Crippen molar-refractivity contribution in [1.82, 2.24) is 0 Å². The Bertz CT molecular complexity index is 8060. The van der Waals surface area contributed by atoms with E-state index in [2.05, 4.69) is 519 Å². The zero-order valence-electron chi connectivity index (χ0n) is 76.9. The van der Waals surface area contributed by atoms with Crippen LogP contribution in [0.25, 0.3) is 32.9 Å². The Balaban J connectivity index is 0.000000175. The molecule has 23 aromatic rings. The number of hydrogen-bond donors (Lipinski definition) is 1. The van der Waals surface area contributed by atoms with Crippen LogP contribution in [-0.2, 0) is 0 Å². The van der Waals surface area contributed by atoms with E-state index >= 15 is 0 Å². The van der Waals surface area contributed by atoms with E-state index in [9.17, 15) is 0 Å². The first kappa shape index (κ1) is 85.9. The van der Waals surface area contributed by atoms with E-state index in [1.165, 1.54) is 0 Å². The highest BCUT2D eigenvalue weighted by molar-refractivity contribution is 9.11. The van der Waals surface area contributed by atoms with Gasteiger partial charge >= 0.3 is 0 Å². The minimum absolute atomic E-state index is 0.378. The normalized spacial score (nSPS) is 12.2. The summed E-state index contributed by atoms with van der Waals surface area (Å²) in [7, 11) is 0. The molecule has 4 aliphatic rings. The summed E-state index contributed by atoms with van der Waals surface area (Å²) in [6, 6.07) is 183. The highest BCUT2D eigenvalue weighted by Gasteiger charge is 2.52. The lowest BCUT2D eigenvalue weighted by molar-refractivity contribution is 0.616. The van der Waals surface area contributed by atoms with Gasteiger partial charge in [0.1, 0.15) is 23.0 Å². The van der Waals surface area contributed by atoms with Gasteiger partial charge in [0.05, 0.1) is 51.1 Å². The second kappa shape index (κ2) is 37.3. The van der Waals surface area contributed by atoms with E-state index in [-0.39, 0.29) is 13.4 Å². The number of anilines is 26. The molecule has 1 N–H and O–H groups in total. The number of rotatable bonds is 18. The Morgan fingerprint density at radius 2 is 0.507 bits per heavy atom. The van der Waals surface area contributed by atoms with E-state index in [1.807, 2.05) is 79.1 Å². The molecule has 27 rings (SSSR count). The van der Waals surface area contributed by atoms with Crippen LogP contribution in [0.1, 0.15) is 0 Å². The summed E-state index contributed by atoms with van der Waals surface area (Å²) in [5, 5.41) is 6.79. The van der Waals surface area contributed by atoms with Crippen molar-refractivity contribution in [3.05, 3.63) is 531 Å². The number of nitrogens with zero attached hydrogens (tertiary/aromatic N) is 8. The van der Waals surface area contributed by atoms with Gasteiger partial charge in [-0.3, -0.25) is 0 Å². The van der Waals surface area contributed by atoms with E-state index in [0.29, 0.717) is 0 Å². The van der Waals surface area contributed by atoms with Gasteiger partial charge in [0, 0.05) is 133 Å². The molecule has 674 valence electrons. The number of hydrogen-bond acceptors (Lipinski definition) is 12. The van der Waals surface area contributed by atoms with Crippen LogP contribution in [0.5, 0.6) is 0 Å². The molecule has 0 saturated heterocycles. The molecular formula is C126H87B2Br2N9O3. The molecule has 7 heterocycles.